The lowest BCUT2D eigenvalue weighted by molar-refractivity contribution is 0.0218. The van der Waals surface area contributed by atoms with Crippen LogP contribution in [-0.4, -0.2) is 25.8 Å². The third-order valence-electron chi connectivity index (χ3n) is 5.12. The molecule has 3 heterocycles. The Balaban J connectivity index is 2.00. The highest BCUT2D eigenvalue weighted by Gasteiger charge is 2.35. The molecule has 1 aliphatic rings. The highest BCUT2D eigenvalue weighted by atomic mass is 19.2. The van der Waals surface area contributed by atoms with Gasteiger partial charge >= 0.3 is 0 Å². The van der Waals surface area contributed by atoms with Gasteiger partial charge in [-0.3, -0.25) is 14.5 Å². The summed E-state index contributed by atoms with van der Waals surface area (Å²) in [5.74, 6) is -0.586. The van der Waals surface area contributed by atoms with E-state index in [1.807, 2.05) is 51.2 Å². The van der Waals surface area contributed by atoms with E-state index in [2.05, 4.69) is 5.10 Å². The van der Waals surface area contributed by atoms with Crippen LogP contribution < -0.4 is 0 Å². The monoisotopic (exact) mass is 364 g/mol. The second-order valence-corrected chi connectivity index (χ2v) is 6.88. The SMILES string of the molecule is CCc1nc(-c2c(C)cnn2C)c(Cc2ccccc2)c2c1C(=O)N(F)C2. The van der Waals surface area contributed by atoms with E-state index in [1.165, 1.54) is 0 Å². The molecule has 0 aliphatic carbocycles. The van der Waals surface area contributed by atoms with Crippen molar-refractivity contribution in [1.82, 2.24) is 19.9 Å². The van der Waals surface area contributed by atoms with Crippen LogP contribution in [0.4, 0.5) is 4.48 Å². The summed E-state index contributed by atoms with van der Waals surface area (Å²) in [7, 11) is 1.88. The number of hydrogen-bond acceptors (Lipinski definition) is 3. The molecule has 0 spiro atoms. The van der Waals surface area contributed by atoms with Crippen LogP contribution in [0.5, 0.6) is 0 Å². The van der Waals surface area contributed by atoms with Crippen molar-refractivity contribution < 1.29 is 9.28 Å². The second-order valence-electron chi connectivity index (χ2n) is 6.88. The van der Waals surface area contributed by atoms with Gasteiger partial charge in [-0.05, 0) is 35.6 Å². The normalized spacial score (nSPS) is 13.3. The summed E-state index contributed by atoms with van der Waals surface area (Å²) in [6.07, 6.45) is 2.95. The zero-order valence-electron chi connectivity index (χ0n) is 15.7. The molecule has 3 aromatic rings. The molecule has 1 amide bonds. The third-order valence-corrected chi connectivity index (χ3v) is 5.12. The first-order valence-corrected chi connectivity index (χ1v) is 9.06. The van der Waals surface area contributed by atoms with Crippen LogP contribution in [0.2, 0.25) is 0 Å². The first kappa shape index (κ1) is 17.4. The summed E-state index contributed by atoms with van der Waals surface area (Å²) < 4.78 is 16.0. The molecule has 0 radical (unpaired) electrons. The minimum atomic E-state index is -0.586. The fraction of sp³-hybridized carbons (Fsp3) is 0.286. The van der Waals surface area contributed by atoms with Crippen molar-refractivity contribution in [3.63, 3.8) is 0 Å². The number of pyridine rings is 1. The summed E-state index contributed by atoms with van der Waals surface area (Å²) in [4.78, 5) is 17.2. The fourth-order valence-electron chi connectivity index (χ4n) is 3.81. The maximum absolute atomic E-state index is 14.2. The van der Waals surface area contributed by atoms with Crippen LogP contribution in [0.25, 0.3) is 11.4 Å². The molecule has 4 rings (SSSR count). The standard InChI is InChI=1S/C21H21FN4O/c1-4-17-18-16(12-26(22)21(18)27)15(10-14-8-6-5-7-9-14)19(24-17)20-13(2)11-23-25(20)3/h5-9,11H,4,10,12H2,1-3H3. The topological polar surface area (TPSA) is 51.0 Å². The number of carbonyl (C=O) groups excluding carboxylic acids is 1. The summed E-state index contributed by atoms with van der Waals surface area (Å²) in [5.41, 5.74) is 6.50. The molecule has 0 unspecified atom stereocenters. The lowest BCUT2D eigenvalue weighted by atomic mass is 9.92. The molecule has 6 heteroatoms. The molecule has 1 aromatic carbocycles. The van der Waals surface area contributed by atoms with Crippen molar-refractivity contribution in [2.45, 2.75) is 33.2 Å². The van der Waals surface area contributed by atoms with Crippen LogP contribution in [0.1, 0.15) is 45.2 Å². The van der Waals surface area contributed by atoms with Crippen LogP contribution in [-0.2, 0) is 26.4 Å². The quantitative estimate of drug-likeness (QED) is 0.662. The zero-order valence-corrected chi connectivity index (χ0v) is 15.7. The van der Waals surface area contributed by atoms with Crippen molar-refractivity contribution in [1.29, 1.82) is 0 Å². The maximum atomic E-state index is 14.2. The Hall–Kier alpha value is -3.02. The van der Waals surface area contributed by atoms with Gasteiger partial charge in [0.2, 0.25) is 0 Å². The van der Waals surface area contributed by atoms with Gasteiger partial charge in [-0.25, -0.2) is 0 Å². The smallest absolute Gasteiger partial charge is 0.266 e. The fourth-order valence-corrected chi connectivity index (χ4v) is 3.81. The van der Waals surface area contributed by atoms with Gasteiger partial charge in [-0.15, -0.1) is 0 Å². The van der Waals surface area contributed by atoms with E-state index in [4.69, 9.17) is 4.98 Å². The Morgan fingerprint density at radius 3 is 2.59 bits per heavy atom. The number of halogens is 1. The number of hydrogen-bond donors (Lipinski definition) is 0. The van der Waals surface area contributed by atoms with E-state index in [1.54, 1.807) is 10.9 Å². The number of rotatable bonds is 4. The number of nitrogens with zero attached hydrogens (tertiary/aromatic N) is 4. The second kappa shape index (κ2) is 6.61. The van der Waals surface area contributed by atoms with Crippen molar-refractivity contribution in [3.8, 4) is 11.4 Å². The molecular weight excluding hydrogens is 343 g/mol. The van der Waals surface area contributed by atoms with E-state index in [-0.39, 0.29) is 6.54 Å². The number of fused-ring (bicyclic) bond motifs is 1. The van der Waals surface area contributed by atoms with Crippen molar-refractivity contribution in [2.75, 3.05) is 0 Å². The van der Waals surface area contributed by atoms with Crippen LogP contribution in [0, 0.1) is 6.92 Å². The van der Waals surface area contributed by atoms with Gasteiger partial charge < -0.3 is 0 Å². The molecule has 1 aliphatic heterocycles. The summed E-state index contributed by atoms with van der Waals surface area (Å²) in [5, 5.41) is 4.64. The van der Waals surface area contributed by atoms with Crippen LogP contribution >= 0.6 is 0 Å². The largest absolute Gasteiger partial charge is 0.284 e. The predicted octanol–water partition coefficient (Wildman–Crippen LogP) is 3.78. The van der Waals surface area contributed by atoms with E-state index in [0.717, 1.165) is 33.6 Å². The molecule has 0 bridgehead atoms. The number of aromatic nitrogens is 3. The molecule has 0 saturated heterocycles. The number of carbonyl (C=O) groups is 1. The van der Waals surface area contributed by atoms with Crippen molar-refractivity contribution >= 4 is 5.91 Å². The predicted molar refractivity (Wildman–Crippen MR) is 101 cm³/mol. The van der Waals surface area contributed by atoms with Gasteiger partial charge in [-0.2, -0.15) is 10.2 Å². The highest BCUT2D eigenvalue weighted by Crippen LogP contribution is 2.36. The summed E-state index contributed by atoms with van der Waals surface area (Å²) in [6, 6.07) is 9.98. The molecule has 0 saturated carbocycles. The van der Waals surface area contributed by atoms with Gasteiger partial charge in [0.15, 0.2) is 0 Å². The Labute approximate surface area is 157 Å². The number of aryl methyl sites for hydroxylation is 3. The van der Waals surface area contributed by atoms with Crippen molar-refractivity contribution in [2.24, 2.45) is 7.05 Å². The third kappa shape index (κ3) is 2.81. The molecule has 27 heavy (non-hydrogen) atoms. The Bertz CT molecular complexity index is 1010. The molecule has 2 aromatic heterocycles. The van der Waals surface area contributed by atoms with E-state index >= 15 is 0 Å². The molecule has 138 valence electrons. The van der Waals surface area contributed by atoms with Crippen LogP contribution in [0.3, 0.4) is 0 Å². The maximum Gasteiger partial charge on any atom is 0.284 e. The Kier molecular flexibility index (Phi) is 4.26. The number of amides is 1. The molecular formula is C21H21FN4O. The van der Waals surface area contributed by atoms with E-state index < -0.39 is 5.91 Å². The average molecular weight is 364 g/mol. The van der Waals surface area contributed by atoms with Gasteiger partial charge in [0.05, 0.1) is 35.4 Å². The average Bonchev–Trinajstić information content (AvgIpc) is 3.16. The Morgan fingerprint density at radius 1 is 1.22 bits per heavy atom. The van der Waals surface area contributed by atoms with Gasteiger partial charge in [0, 0.05) is 13.5 Å². The highest BCUT2D eigenvalue weighted by molar-refractivity contribution is 5.99. The minimum Gasteiger partial charge on any atom is -0.266 e. The minimum absolute atomic E-state index is 0.0320. The van der Waals surface area contributed by atoms with Gasteiger partial charge in [0.25, 0.3) is 5.91 Å². The Morgan fingerprint density at radius 2 is 1.96 bits per heavy atom. The first-order chi connectivity index (χ1) is 13.0. The van der Waals surface area contributed by atoms with Gasteiger partial charge in [-0.1, -0.05) is 41.7 Å². The van der Waals surface area contributed by atoms with Crippen molar-refractivity contribution in [3.05, 3.63) is 70.0 Å². The summed E-state index contributed by atoms with van der Waals surface area (Å²) in [6.45, 7) is 3.89. The van der Waals surface area contributed by atoms with Gasteiger partial charge in [0.1, 0.15) is 0 Å². The first-order valence-electron chi connectivity index (χ1n) is 9.06. The molecule has 0 fully saturated rings. The molecule has 0 N–H and O–H groups in total. The number of benzene rings is 1. The van der Waals surface area contributed by atoms with E-state index in [9.17, 15) is 9.28 Å². The molecule has 0 atom stereocenters. The summed E-state index contributed by atoms with van der Waals surface area (Å²) >= 11 is 0. The lowest BCUT2D eigenvalue weighted by Crippen LogP contribution is -2.14. The lowest BCUT2D eigenvalue weighted by Gasteiger charge is -2.16. The molecule has 5 nitrogen and oxygen atoms in total. The van der Waals surface area contributed by atoms with Crippen LogP contribution in [0.15, 0.2) is 36.5 Å². The zero-order chi connectivity index (χ0) is 19.1. The van der Waals surface area contributed by atoms with E-state index in [0.29, 0.717) is 29.2 Å².